The molecule has 1 N–H and O–H groups in total. The third-order valence-corrected chi connectivity index (χ3v) is 3.40. The van der Waals surface area contributed by atoms with Crippen molar-refractivity contribution in [3.63, 3.8) is 0 Å². The SMILES string of the molecule is C=CCC(C)(CC)COP(=O)(O)OCC. The highest BCUT2D eigenvalue weighted by molar-refractivity contribution is 7.47. The highest BCUT2D eigenvalue weighted by Crippen LogP contribution is 2.45. The Morgan fingerprint density at radius 3 is 2.47 bits per heavy atom. The van der Waals surface area contributed by atoms with Gasteiger partial charge >= 0.3 is 7.82 Å². The van der Waals surface area contributed by atoms with Gasteiger partial charge in [-0.15, -0.1) is 6.58 Å². The summed E-state index contributed by atoms with van der Waals surface area (Å²) < 4.78 is 20.8. The van der Waals surface area contributed by atoms with E-state index in [1.807, 2.05) is 13.8 Å². The van der Waals surface area contributed by atoms with Crippen LogP contribution in [0.3, 0.4) is 0 Å². The van der Waals surface area contributed by atoms with Crippen LogP contribution in [0.5, 0.6) is 0 Å². The zero-order chi connectivity index (χ0) is 11.9. The lowest BCUT2D eigenvalue weighted by atomic mass is 9.85. The van der Waals surface area contributed by atoms with Crippen molar-refractivity contribution in [1.29, 1.82) is 0 Å². The van der Waals surface area contributed by atoms with E-state index in [2.05, 4.69) is 11.1 Å². The van der Waals surface area contributed by atoms with E-state index in [1.165, 1.54) is 0 Å². The Balaban J connectivity index is 4.21. The third kappa shape index (κ3) is 6.10. The van der Waals surface area contributed by atoms with Crippen LogP contribution in [-0.2, 0) is 13.6 Å². The van der Waals surface area contributed by atoms with Crippen LogP contribution in [-0.4, -0.2) is 18.1 Å². The molecule has 0 heterocycles. The summed E-state index contributed by atoms with van der Waals surface area (Å²) >= 11 is 0. The first-order chi connectivity index (χ1) is 6.89. The first-order valence-electron chi connectivity index (χ1n) is 5.12. The molecule has 5 heteroatoms. The molecule has 0 spiro atoms. The van der Waals surface area contributed by atoms with E-state index in [-0.39, 0.29) is 18.6 Å². The van der Waals surface area contributed by atoms with Gasteiger partial charge in [0.1, 0.15) is 0 Å². The molecule has 90 valence electrons. The van der Waals surface area contributed by atoms with Crippen LogP contribution in [0.25, 0.3) is 0 Å². The molecule has 0 aliphatic rings. The Hall–Kier alpha value is -0.150. The number of phosphoric acid groups is 1. The molecule has 0 saturated carbocycles. The smallest absolute Gasteiger partial charge is 0.302 e. The molecule has 0 aromatic heterocycles. The normalized spacial score (nSPS) is 19.2. The van der Waals surface area contributed by atoms with Crippen molar-refractivity contribution in [3.8, 4) is 0 Å². The molecule has 0 saturated heterocycles. The van der Waals surface area contributed by atoms with E-state index >= 15 is 0 Å². The molecule has 0 aromatic carbocycles. The molecule has 0 aliphatic carbocycles. The quantitative estimate of drug-likeness (QED) is 0.519. The molecule has 0 radical (unpaired) electrons. The minimum Gasteiger partial charge on any atom is -0.302 e. The fraction of sp³-hybridized carbons (Fsp3) is 0.800. The van der Waals surface area contributed by atoms with Crippen LogP contribution >= 0.6 is 7.82 Å². The predicted octanol–water partition coefficient (Wildman–Crippen LogP) is 3.13. The Labute approximate surface area is 91.9 Å². The molecule has 4 nitrogen and oxygen atoms in total. The second-order valence-electron chi connectivity index (χ2n) is 3.82. The lowest BCUT2D eigenvalue weighted by molar-refractivity contribution is 0.0976. The number of hydrogen-bond donors (Lipinski definition) is 1. The molecule has 0 amide bonds. The van der Waals surface area contributed by atoms with E-state index in [0.717, 1.165) is 12.8 Å². The standard InChI is InChI=1S/C10H21O4P/c1-5-8-10(4,6-2)9-14-15(11,12)13-7-3/h5H,1,6-9H2,2-4H3,(H,11,12). The third-order valence-electron chi connectivity index (χ3n) is 2.36. The lowest BCUT2D eigenvalue weighted by Crippen LogP contribution is -2.21. The van der Waals surface area contributed by atoms with Crippen LogP contribution in [0.1, 0.15) is 33.6 Å². The zero-order valence-corrected chi connectivity index (χ0v) is 10.6. The Morgan fingerprint density at radius 2 is 2.07 bits per heavy atom. The average Bonchev–Trinajstić information content (AvgIpc) is 2.16. The van der Waals surface area contributed by atoms with Crippen LogP contribution in [0.2, 0.25) is 0 Å². The fourth-order valence-electron chi connectivity index (χ4n) is 1.09. The first-order valence-corrected chi connectivity index (χ1v) is 6.61. The fourth-order valence-corrected chi connectivity index (χ4v) is 1.97. The number of rotatable bonds is 8. The van der Waals surface area contributed by atoms with Crippen molar-refractivity contribution in [3.05, 3.63) is 12.7 Å². The Kier molecular flexibility index (Phi) is 6.37. The van der Waals surface area contributed by atoms with E-state index in [0.29, 0.717) is 0 Å². The van der Waals surface area contributed by atoms with Gasteiger partial charge in [-0.1, -0.05) is 19.9 Å². The van der Waals surface area contributed by atoms with E-state index in [9.17, 15) is 9.46 Å². The van der Waals surface area contributed by atoms with Gasteiger partial charge in [0.05, 0.1) is 13.2 Å². The largest absolute Gasteiger partial charge is 0.472 e. The molecule has 0 rings (SSSR count). The van der Waals surface area contributed by atoms with Gasteiger partial charge in [-0.2, -0.15) is 0 Å². The molecular weight excluding hydrogens is 215 g/mol. The van der Waals surface area contributed by atoms with Gasteiger partial charge in [0.25, 0.3) is 0 Å². The minimum absolute atomic E-state index is 0.156. The van der Waals surface area contributed by atoms with E-state index < -0.39 is 7.82 Å². The lowest BCUT2D eigenvalue weighted by Gasteiger charge is -2.27. The summed E-state index contributed by atoms with van der Waals surface area (Å²) in [5.74, 6) is 0. The van der Waals surface area contributed by atoms with E-state index in [1.54, 1.807) is 13.0 Å². The van der Waals surface area contributed by atoms with Crippen LogP contribution in [0.4, 0.5) is 0 Å². The van der Waals surface area contributed by atoms with Crippen LogP contribution in [0, 0.1) is 5.41 Å². The van der Waals surface area contributed by atoms with Gasteiger partial charge in [-0.05, 0) is 25.2 Å². The maximum Gasteiger partial charge on any atom is 0.472 e. The number of hydrogen-bond acceptors (Lipinski definition) is 3. The van der Waals surface area contributed by atoms with E-state index in [4.69, 9.17) is 4.52 Å². The maximum absolute atomic E-state index is 11.3. The van der Waals surface area contributed by atoms with Crippen LogP contribution < -0.4 is 0 Å². The highest BCUT2D eigenvalue weighted by Gasteiger charge is 2.27. The molecular formula is C10H21O4P. The van der Waals surface area contributed by atoms with Gasteiger partial charge in [0.2, 0.25) is 0 Å². The number of phosphoric ester groups is 1. The van der Waals surface area contributed by atoms with Gasteiger partial charge in [0.15, 0.2) is 0 Å². The van der Waals surface area contributed by atoms with Crippen molar-refractivity contribution >= 4 is 7.82 Å². The van der Waals surface area contributed by atoms with Crippen LogP contribution in [0.15, 0.2) is 12.7 Å². The first kappa shape index (κ1) is 14.8. The summed E-state index contributed by atoms with van der Waals surface area (Å²) in [7, 11) is -3.86. The molecule has 15 heavy (non-hydrogen) atoms. The number of allylic oxidation sites excluding steroid dienone is 1. The summed E-state index contributed by atoms with van der Waals surface area (Å²) in [6, 6.07) is 0. The van der Waals surface area contributed by atoms with Crippen molar-refractivity contribution in [1.82, 2.24) is 0 Å². The van der Waals surface area contributed by atoms with Crippen molar-refractivity contribution in [2.24, 2.45) is 5.41 Å². The molecule has 2 atom stereocenters. The molecule has 2 unspecified atom stereocenters. The Bertz CT molecular complexity index is 242. The van der Waals surface area contributed by atoms with Gasteiger partial charge in [-0.3, -0.25) is 9.05 Å². The van der Waals surface area contributed by atoms with Crippen molar-refractivity contribution < 1.29 is 18.5 Å². The zero-order valence-electron chi connectivity index (χ0n) is 9.73. The molecule has 0 aliphatic heterocycles. The Morgan fingerprint density at radius 1 is 1.47 bits per heavy atom. The second-order valence-corrected chi connectivity index (χ2v) is 5.27. The van der Waals surface area contributed by atoms with Crippen molar-refractivity contribution in [2.45, 2.75) is 33.6 Å². The molecule has 0 bridgehead atoms. The summed E-state index contributed by atoms with van der Waals surface area (Å²) in [4.78, 5) is 9.23. The summed E-state index contributed by atoms with van der Waals surface area (Å²) in [5.41, 5.74) is -0.156. The monoisotopic (exact) mass is 236 g/mol. The summed E-state index contributed by atoms with van der Waals surface area (Å²) in [5, 5.41) is 0. The summed E-state index contributed by atoms with van der Waals surface area (Å²) in [6.45, 7) is 9.66. The average molecular weight is 236 g/mol. The van der Waals surface area contributed by atoms with Gasteiger partial charge in [0, 0.05) is 0 Å². The minimum atomic E-state index is -3.86. The highest BCUT2D eigenvalue weighted by atomic mass is 31.2. The summed E-state index contributed by atoms with van der Waals surface area (Å²) in [6.07, 6.45) is 3.39. The van der Waals surface area contributed by atoms with Gasteiger partial charge in [-0.25, -0.2) is 4.57 Å². The van der Waals surface area contributed by atoms with Crippen molar-refractivity contribution in [2.75, 3.05) is 13.2 Å². The second kappa shape index (κ2) is 6.44. The molecule has 0 aromatic rings. The topological polar surface area (TPSA) is 55.8 Å². The molecule has 0 fully saturated rings. The van der Waals surface area contributed by atoms with Gasteiger partial charge < -0.3 is 4.89 Å². The maximum atomic E-state index is 11.3. The predicted molar refractivity (Wildman–Crippen MR) is 60.6 cm³/mol.